The lowest BCUT2D eigenvalue weighted by Crippen LogP contribution is -2.39. The Hall–Kier alpha value is -1.20. The zero-order chi connectivity index (χ0) is 12.4. The number of hydrogen-bond acceptors (Lipinski definition) is 5. The molecular weight excluding hydrogens is 244 g/mol. The zero-order valence-corrected chi connectivity index (χ0v) is 11.4. The first-order chi connectivity index (χ1) is 8.77. The van der Waals surface area contributed by atoms with Crippen molar-refractivity contribution in [3.05, 3.63) is 17.8 Å². The minimum Gasteiger partial charge on any atom is -0.369 e. The van der Waals surface area contributed by atoms with Gasteiger partial charge in [-0.2, -0.15) is 0 Å². The van der Waals surface area contributed by atoms with Crippen LogP contribution in [0.15, 0.2) is 17.8 Å². The maximum Gasteiger partial charge on any atom is 0.138 e. The van der Waals surface area contributed by atoms with Crippen molar-refractivity contribution < 1.29 is 0 Å². The van der Waals surface area contributed by atoms with Crippen molar-refractivity contribution in [2.24, 2.45) is 5.41 Å². The molecule has 3 rings (SSSR count). The van der Waals surface area contributed by atoms with Crippen LogP contribution in [0, 0.1) is 5.41 Å². The fraction of sp³-hybridized carbons (Fsp3) is 0.538. The largest absolute Gasteiger partial charge is 0.369 e. The minimum atomic E-state index is 0.374. The van der Waals surface area contributed by atoms with Crippen LogP contribution in [-0.2, 0) is 0 Å². The molecule has 0 aliphatic carbocycles. The van der Waals surface area contributed by atoms with E-state index >= 15 is 0 Å². The summed E-state index contributed by atoms with van der Waals surface area (Å²) >= 11 is 1.66. The maximum absolute atomic E-state index is 4.36. The van der Waals surface area contributed by atoms with E-state index < -0.39 is 0 Å². The Balaban J connectivity index is 1.74. The number of piperidine rings is 1. The van der Waals surface area contributed by atoms with E-state index in [4.69, 9.17) is 0 Å². The second-order valence-electron chi connectivity index (χ2n) is 5.28. The van der Waals surface area contributed by atoms with Gasteiger partial charge >= 0.3 is 0 Å². The molecule has 5 heteroatoms. The topological polar surface area (TPSA) is 49.8 Å². The highest BCUT2D eigenvalue weighted by Crippen LogP contribution is 2.29. The van der Waals surface area contributed by atoms with Crippen LogP contribution in [0.1, 0.15) is 19.8 Å². The Kier molecular flexibility index (Phi) is 3.18. The molecule has 2 N–H and O–H groups in total. The molecule has 1 saturated heterocycles. The third-order valence-electron chi connectivity index (χ3n) is 3.76. The summed E-state index contributed by atoms with van der Waals surface area (Å²) in [6, 6.07) is 2.09. The summed E-state index contributed by atoms with van der Waals surface area (Å²) in [6.07, 6.45) is 4.08. The third-order valence-corrected chi connectivity index (χ3v) is 4.58. The van der Waals surface area contributed by atoms with E-state index in [1.54, 1.807) is 17.7 Å². The molecule has 0 radical (unpaired) electrons. The third kappa shape index (κ3) is 2.33. The van der Waals surface area contributed by atoms with Crippen LogP contribution >= 0.6 is 11.3 Å². The molecule has 0 bridgehead atoms. The fourth-order valence-corrected chi connectivity index (χ4v) is 3.17. The molecular formula is C13H18N4S. The van der Waals surface area contributed by atoms with Crippen molar-refractivity contribution in [1.82, 2.24) is 15.3 Å². The standard InChI is InChI=1S/C13H18N4S/c1-13(3-5-14-6-4-13)8-15-11-10-2-7-18-12(10)17-9-16-11/h2,7,9,14H,3-6,8H2,1H3,(H,15,16,17). The number of anilines is 1. The molecule has 4 nitrogen and oxygen atoms in total. The summed E-state index contributed by atoms with van der Waals surface area (Å²) in [5.74, 6) is 0.973. The number of aromatic nitrogens is 2. The zero-order valence-electron chi connectivity index (χ0n) is 10.6. The molecule has 0 saturated carbocycles. The van der Waals surface area contributed by atoms with Gasteiger partial charge in [-0.05, 0) is 42.8 Å². The van der Waals surface area contributed by atoms with Crippen molar-refractivity contribution in [3.8, 4) is 0 Å². The second-order valence-corrected chi connectivity index (χ2v) is 6.17. The minimum absolute atomic E-state index is 0.374. The molecule has 1 fully saturated rings. The predicted molar refractivity (Wildman–Crippen MR) is 76.1 cm³/mol. The first-order valence-corrected chi connectivity index (χ1v) is 7.28. The SMILES string of the molecule is CC1(CNc2ncnc3sccc23)CCNCC1. The number of fused-ring (bicyclic) bond motifs is 1. The summed E-state index contributed by atoms with van der Waals surface area (Å²) < 4.78 is 0. The number of hydrogen-bond donors (Lipinski definition) is 2. The Morgan fingerprint density at radius 2 is 2.22 bits per heavy atom. The molecule has 0 aromatic carbocycles. The van der Waals surface area contributed by atoms with Crippen LogP contribution in [0.3, 0.4) is 0 Å². The van der Waals surface area contributed by atoms with Gasteiger partial charge in [0, 0.05) is 6.54 Å². The average Bonchev–Trinajstić information content (AvgIpc) is 2.86. The Morgan fingerprint density at radius 1 is 1.39 bits per heavy atom. The van der Waals surface area contributed by atoms with Gasteiger partial charge < -0.3 is 10.6 Å². The summed E-state index contributed by atoms with van der Waals surface area (Å²) in [5, 5.41) is 10.1. The predicted octanol–water partition coefficient (Wildman–Crippen LogP) is 2.49. The van der Waals surface area contributed by atoms with Crippen molar-refractivity contribution in [3.63, 3.8) is 0 Å². The highest BCUT2D eigenvalue weighted by Gasteiger charge is 2.26. The first kappa shape index (κ1) is 11.9. The van der Waals surface area contributed by atoms with Gasteiger partial charge in [0.05, 0.1) is 5.39 Å². The number of nitrogens with one attached hydrogen (secondary N) is 2. The van der Waals surface area contributed by atoms with E-state index in [2.05, 4.69) is 39.0 Å². The lowest BCUT2D eigenvalue weighted by molar-refractivity contribution is 0.247. The molecule has 1 aliphatic rings. The molecule has 3 heterocycles. The second kappa shape index (κ2) is 4.82. The van der Waals surface area contributed by atoms with Gasteiger partial charge in [0.25, 0.3) is 0 Å². The summed E-state index contributed by atoms with van der Waals surface area (Å²) in [6.45, 7) is 5.58. The van der Waals surface area contributed by atoms with Crippen LogP contribution in [-0.4, -0.2) is 29.6 Å². The van der Waals surface area contributed by atoms with Crippen LogP contribution in [0.4, 0.5) is 5.82 Å². The fourth-order valence-electron chi connectivity index (χ4n) is 2.44. The normalized spacial score (nSPS) is 18.9. The van der Waals surface area contributed by atoms with Gasteiger partial charge in [-0.25, -0.2) is 9.97 Å². The van der Waals surface area contributed by atoms with Crippen LogP contribution in [0.2, 0.25) is 0 Å². The Morgan fingerprint density at radius 3 is 3.06 bits per heavy atom. The maximum atomic E-state index is 4.36. The van der Waals surface area contributed by atoms with E-state index in [0.29, 0.717) is 5.41 Å². The molecule has 2 aromatic heterocycles. The van der Waals surface area contributed by atoms with E-state index in [1.165, 1.54) is 12.8 Å². The molecule has 2 aromatic rings. The lowest BCUT2D eigenvalue weighted by atomic mass is 9.81. The summed E-state index contributed by atoms with van der Waals surface area (Å²) in [4.78, 5) is 9.69. The van der Waals surface area contributed by atoms with Crippen molar-refractivity contribution >= 4 is 27.4 Å². The van der Waals surface area contributed by atoms with Gasteiger partial charge in [-0.1, -0.05) is 6.92 Å². The molecule has 96 valence electrons. The molecule has 0 amide bonds. The van der Waals surface area contributed by atoms with Crippen molar-refractivity contribution in [1.29, 1.82) is 0 Å². The van der Waals surface area contributed by atoms with E-state index in [0.717, 1.165) is 35.7 Å². The highest BCUT2D eigenvalue weighted by molar-refractivity contribution is 7.16. The van der Waals surface area contributed by atoms with Gasteiger partial charge in [0.2, 0.25) is 0 Å². The van der Waals surface area contributed by atoms with E-state index in [-0.39, 0.29) is 0 Å². The summed E-state index contributed by atoms with van der Waals surface area (Å²) in [5.41, 5.74) is 0.374. The first-order valence-electron chi connectivity index (χ1n) is 6.40. The van der Waals surface area contributed by atoms with Gasteiger partial charge in [-0.15, -0.1) is 11.3 Å². The quantitative estimate of drug-likeness (QED) is 0.892. The van der Waals surface area contributed by atoms with Crippen molar-refractivity contribution in [2.75, 3.05) is 25.0 Å². The van der Waals surface area contributed by atoms with Gasteiger partial charge in [-0.3, -0.25) is 0 Å². The average molecular weight is 262 g/mol. The van der Waals surface area contributed by atoms with E-state index in [9.17, 15) is 0 Å². The summed E-state index contributed by atoms with van der Waals surface area (Å²) in [7, 11) is 0. The monoisotopic (exact) mass is 262 g/mol. The van der Waals surface area contributed by atoms with Crippen LogP contribution in [0.25, 0.3) is 10.2 Å². The van der Waals surface area contributed by atoms with Gasteiger partial charge in [0.1, 0.15) is 17.0 Å². The van der Waals surface area contributed by atoms with E-state index in [1.807, 2.05) is 0 Å². The van der Waals surface area contributed by atoms with Gasteiger partial charge in [0.15, 0.2) is 0 Å². The van der Waals surface area contributed by atoms with Crippen LogP contribution in [0.5, 0.6) is 0 Å². The number of nitrogens with zero attached hydrogens (tertiary/aromatic N) is 2. The number of thiophene rings is 1. The molecule has 0 unspecified atom stereocenters. The highest BCUT2D eigenvalue weighted by atomic mass is 32.1. The smallest absolute Gasteiger partial charge is 0.138 e. The van der Waals surface area contributed by atoms with Crippen molar-refractivity contribution in [2.45, 2.75) is 19.8 Å². The molecule has 18 heavy (non-hydrogen) atoms. The molecule has 1 aliphatic heterocycles. The lowest BCUT2D eigenvalue weighted by Gasteiger charge is -2.34. The Labute approximate surface area is 111 Å². The number of rotatable bonds is 3. The molecule has 0 spiro atoms. The molecule has 0 atom stereocenters. The van der Waals surface area contributed by atoms with Crippen LogP contribution < -0.4 is 10.6 Å². The Bertz CT molecular complexity index is 531.